The fourth-order valence-electron chi connectivity index (χ4n) is 1.49. The smallest absolute Gasteiger partial charge is 0.377 e. The third-order valence-electron chi connectivity index (χ3n) is 2.31. The van der Waals surface area contributed by atoms with E-state index in [4.69, 9.17) is 9.84 Å². The van der Waals surface area contributed by atoms with Crippen LogP contribution in [0.5, 0.6) is 0 Å². The Balaban J connectivity index is 1.99. The van der Waals surface area contributed by atoms with Gasteiger partial charge in [0.05, 0.1) is 19.6 Å². The summed E-state index contributed by atoms with van der Waals surface area (Å²) in [5.41, 5.74) is 0. The van der Waals surface area contributed by atoms with E-state index in [1.807, 2.05) is 0 Å². The predicted molar refractivity (Wildman–Crippen MR) is 54.8 cm³/mol. The number of cyclic esters (lactones) is 1. The third-order valence-corrected chi connectivity index (χ3v) is 2.31. The summed E-state index contributed by atoms with van der Waals surface area (Å²) in [5, 5.41) is 11.3. The molecule has 2 N–H and O–H groups in total. The lowest BCUT2D eigenvalue weighted by atomic mass is 10.2. The van der Waals surface area contributed by atoms with Gasteiger partial charge in [-0.3, -0.25) is 0 Å². The van der Waals surface area contributed by atoms with E-state index in [1.54, 1.807) is 0 Å². The lowest BCUT2D eigenvalue weighted by Gasteiger charge is -2.09. The van der Waals surface area contributed by atoms with E-state index < -0.39 is 24.4 Å². The maximum absolute atomic E-state index is 12.8. The maximum Gasteiger partial charge on any atom is 0.377 e. The molecular weight excluding hydrogens is 236 g/mol. The summed E-state index contributed by atoms with van der Waals surface area (Å²) in [4.78, 5) is 10.7. The first kappa shape index (κ1) is 14.3. The Morgan fingerprint density at radius 2 is 2.29 bits per heavy atom. The van der Waals surface area contributed by atoms with Gasteiger partial charge in [-0.05, 0) is 13.0 Å². The van der Waals surface area contributed by atoms with Crippen molar-refractivity contribution in [3.05, 3.63) is 0 Å². The molecule has 1 saturated heterocycles. The van der Waals surface area contributed by atoms with Crippen molar-refractivity contribution in [1.29, 1.82) is 0 Å². The number of hydrogen-bond donors (Lipinski definition) is 2. The zero-order chi connectivity index (χ0) is 12.7. The number of aliphatic hydroxyl groups is 1. The predicted octanol–water partition coefficient (Wildman–Crippen LogP) is -0.0742. The van der Waals surface area contributed by atoms with Crippen LogP contribution >= 0.6 is 0 Å². The van der Waals surface area contributed by atoms with Crippen LogP contribution in [0, 0.1) is 0 Å². The molecule has 0 amide bonds. The largest absolute Gasteiger partial charge is 0.456 e. The molecule has 5 nitrogen and oxygen atoms in total. The highest BCUT2D eigenvalue weighted by Gasteiger charge is 2.50. The Kier molecular flexibility index (Phi) is 5.73. The number of alkyl halides is 2. The summed E-state index contributed by atoms with van der Waals surface area (Å²) in [7, 11) is 0. The molecule has 1 aliphatic heterocycles. The van der Waals surface area contributed by atoms with Gasteiger partial charge < -0.3 is 19.9 Å². The summed E-state index contributed by atoms with van der Waals surface area (Å²) in [6.07, 6.45) is -0.604. The van der Waals surface area contributed by atoms with Gasteiger partial charge in [0.2, 0.25) is 0 Å². The van der Waals surface area contributed by atoms with Crippen molar-refractivity contribution in [2.75, 3.05) is 32.9 Å². The van der Waals surface area contributed by atoms with E-state index in [1.165, 1.54) is 0 Å². The molecule has 0 saturated carbocycles. The first-order chi connectivity index (χ1) is 8.06. The second kappa shape index (κ2) is 6.83. The summed E-state index contributed by atoms with van der Waals surface area (Å²) in [6.45, 7) is 1.59. The van der Waals surface area contributed by atoms with Crippen LogP contribution in [0.1, 0.15) is 12.8 Å². The van der Waals surface area contributed by atoms with Gasteiger partial charge in [0.1, 0.15) is 6.10 Å². The number of esters is 1. The lowest BCUT2D eigenvalue weighted by Crippen LogP contribution is -2.28. The van der Waals surface area contributed by atoms with Crippen LogP contribution in [0.25, 0.3) is 0 Å². The molecule has 0 aromatic heterocycles. The average Bonchev–Trinajstić information content (AvgIpc) is 2.51. The first-order valence-electron chi connectivity index (χ1n) is 5.54. The van der Waals surface area contributed by atoms with Crippen LogP contribution in [0.4, 0.5) is 8.78 Å². The van der Waals surface area contributed by atoms with E-state index in [-0.39, 0.29) is 13.2 Å². The van der Waals surface area contributed by atoms with E-state index in [0.717, 1.165) is 0 Å². The van der Waals surface area contributed by atoms with Crippen LogP contribution in [-0.2, 0) is 14.3 Å². The van der Waals surface area contributed by atoms with E-state index in [0.29, 0.717) is 26.2 Å². The van der Waals surface area contributed by atoms with Crippen molar-refractivity contribution < 1.29 is 28.2 Å². The minimum atomic E-state index is -3.34. The number of nitrogens with one attached hydrogen (secondary N) is 1. The number of carbonyl (C=O) groups excluding carboxylic acids is 1. The molecule has 0 aromatic rings. The van der Waals surface area contributed by atoms with Crippen molar-refractivity contribution in [3.8, 4) is 0 Å². The van der Waals surface area contributed by atoms with Crippen LogP contribution in [-0.4, -0.2) is 56.0 Å². The van der Waals surface area contributed by atoms with Gasteiger partial charge in [-0.25, -0.2) is 4.79 Å². The normalized spacial score (nSPS) is 22.8. The van der Waals surface area contributed by atoms with Gasteiger partial charge in [0.25, 0.3) is 0 Å². The average molecular weight is 253 g/mol. The second-order valence-corrected chi connectivity index (χ2v) is 3.83. The maximum atomic E-state index is 12.8. The van der Waals surface area contributed by atoms with Gasteiger partial charge in [-0.2, -0.15) is 8.78 Å². The minimum Gasteiger partial charge on any atom is -0.456 e. The van der Waals surface area contributed by atoms with Crippen molar-refractivity contribution >= 4 is 5.97 Å². The summed E-state index contributed by atoms with van der Waals surface area (Å²) < 4.78 is 35.0. The van der Waals surface area contributed by atoms with Crippen LogP contribution in [0.3, 0.4) is 0 Å². The number of hydrogen-bond acceptors (Lipinski definition) is 5. The molecule has 0 aliphatic carbocycles. The molecule has 1 rings (SSSR count). The second-order valence-electron chi connectivity index (χ2n) is 3.83. The highest BCUT2D eigenvalue weighted by atomic mass is 19.3. The molecule has 0 spiro atoms. The molecule has 1 heterocycles. The highest BCUT2D eigenvalue weighted by Crippen LogP contribution is 2.30. The summed E-state index contributed by atoms with van der Waals surface area (Å²) in [6, 6.07) is 0. The fraction of sp³-hybridized carbons (Fsp3) is 0.900. The van der Waals surface area contributed by atoms with Crippen molar-refractivity contribution in [2.45, 2.75) is 24.9 Å². The van der Waals surface area contributed by atoms with Gasteiger partial charge in [0, 0.05) is 13.2 Å². The Bertz CT molecular complexity index is 250. The van der Waals surface area contributed by atoms with Crippen LogP contribution in [0.2, 0.25) is 0 Å². The van der Waals surface area contributed by atoms with Gasteiger partial charge >= 0.3 is 11.9 Å². The molecule has 1 aliphatic rings. The zero-order valence-electron chi connectivity index (χ0n) is 9.45. The van der Waals surface area contributed by atoms with E-state index in [9.17, 15) is 13.6 Å². The molecule has 1 atom stereocenters. The number of halogens is 2. The quantitative estimate of drug-likeness (QED) is 0.468. The number of aliphatic hydroxyl groups excluding tert-OH is 1. The van der Waals surface area contributed by atoms with E-state index >= 15 is 0 Å². The highest BCUT2D eigenvalue weighted by molar-refractivity contribution is 5.79. The summed E-state index contributed by atoms with van der Waals surface area (Å²) in [5.74, 6) is -4.77. The van der Waals surface area contributed by atoms with E-state index in [2.05, 4.69) is 10.1 Å². The Morgan fingerprint density at radius 1 is 1.53 bits per heavy atom. The van der Waals surface area contributed by atoms with Gasteiger partial charge in [0.15, 0.2) is 0 Å². The minimum absolute atomic E-state index is 0.0134. The monoisotopic (exact) mass is 253 g/mol. The Morgan fingerprint density at radius 3 is 2.88 bits per heavy atom. The molecule has 0 radical (unpaired) electrons. The van der Waals surface area contributed by atoms with Gasteiger partial charge in [-0.15, -0.1) is 0 Å². The molecule has 7 heteroatoms. The SMILES string of the molecule is O=C1OC(CNCCCOCCO)CC1(F)F. The Hall–Kier alpha value is -0.790. The molecule has 100 valence electrons. The number of carbonyl (C=O) groups is 1. The number of ether oxygens (including phenoxy) is 2. The van der Waals surface area contributed by atoms with Gasteiger partial charge in [-0.1, -0.05) is 0 Å². The van der Waals surface area contributed by atoms with Crippen LogP contribution in [0.15, 0.2) is 0 Å². The Labute approximate surface area is 98.1 Å². The molecule has 0 bridgehead atoms. The number of rotatable bonds is 8. The molecule has 1 fully saturated rings. The molecule has 0 aromatic carbocycles. The topological polar surface area (TPSA) is 67.8 Å². The molecule has 1 unspecified atom stereocenters. The summed E-state index contributed by atoms with van der Waals surface area (Å²) >= 11 is 0. The van der Waals surface area contributed by atoms with Crippen molar-refractivity contribution in [1.82, 2.24) is 5.32 Å². The van der Waals surface area contributed by atoms with Crippen molar-refractivity contribution in [3.63, 3.8) is 0 Å². The molecular formula is C10H17F2NO4. The zero-order valence-corrected chi connectivity index (χ0v) is 9.45. The first-order valence-corrected chi connectivity index (χ1v) is 5.54. The standard InChI is InChI=1S/C10H17F2NO4/c11-10(12)6-8(17-9(10)15)7-13-2-1-4-16-5-3-14/h8,13-14H,1-7H2. The fourth-order valence-corrected chi connectivity index (χ4v) is 1.49. The van der Waals surface area contributed by atoms with Crippen molar-refractivity contribution in [2.24, 2.45) is 0 Å². The lowest BCUT2D eigenvalue weighted by molar-refractivity contribution is -0.159. The van der Waals surface area contributed by atoms with Crippen LogP contribution < -0.4 is 5.32 Å². The molecule has 17 heavy (non-hydrogen) atoms. The third kappa shape index (κ3) is 4.93.